The fourth-order valence-corrected chi connectivity index (χ4v) is 1.47. The van der Waals surface area contributed by atoms with Gasteiger partial charge in [0.25, 0.3) is 0 Å². The highest BCUT2D eigenvalue weighted by atomic mass is 19.4. The van der Waals surface area contributed by atoms with E-state index in [0.717, 1.165) is 6.42 Å². The summed E-state index contributed by atoms with van der Waals surface area (Å²) in [5, 5.41) is 0. The first-order chi connectivity index (χ1) is 8.03. The summed E-state index contributed by atoms with van der Waals surface area (Å²) in [7, 11) is 0. The van der Waals surface area contributed by atoms with E-state index in [1.165, 1.54) is 12.8 Å². The Morgan fingerprint density at radius 1 is 1.35 bits per heavy atom. The molecule has 1 saturated carbocycles. The fraction of sp³-hybridized carbons (Fsp3) is 0.636. The summed E-state index contributed by atoms with van der Waals surface area (Å²) in [6, 6.07) is 1.58. The second kappa shape index (κ2) is 5.00. The minimum atomic E-state index is -4.29. The van der Waals surface area contributed by atoms with Gasteiger partial charge in [0.15, 0.2) is 0 Å². The van der Waals surface area contributed by atoms with Crippen molar-refractivity contribution >= 4 is 0 Å². The number of alkyl halides is 3. The van der Waals surface area contributed by atoms with Gasteiger partial charge in [-0.1, -0.05) is 0 Å². The lowest BCUT2D eigenvalue weighted by atomic mass is 10.3. The molecule has 0 bridgehead atoms. The van der Waals surface area contributed by atoms with Crippen LogP contribution in [0.5, 0.6) is 0 Å². The quantitative estimate of drug-likeness (QED) is 0.800. The van der Waals surface area contributed by atoms with Crippen LogP contribution in [0.1, 0.15) is 24.4 Å². The highest BCUT2D eigenvalue weighted by Crippen LogP contribution is 2.31. The number of hydrogen-bond donors (Lipinski definition) is 0. The number of ether oxygens (including phenoxy) is 1. The zero-order valence-electron chi connectivity index (χ0n) is 9.20. The van der Waals surface area contributed by atoms with Crippen molar-refractivity contribution in [2.45, 2.75) is 32.0 Å². The molecule has 3 nitrogen and oxygen atoms in total. The maximum atomic E-state index is 11.9. The van der Waals surface area contributed by atoms with Gasteiger partial charge in [-0.25, -0.2) is 9.97 Å². The lowest BCUT2D eigenvalue weighted by molar-refractivity contribution is -0.176. The van der Waals surface area contributed by atoms with Gasteiger partial charge >= 0.3 is 6.18 Å². The van der Waals surface area contributed by atoms with Gasteiger partial charge in [0.2, 0.25) is 0 Å². The van der Waals surface area contributed by atoms with Gasteiger partial charge in [-0.05, 0) is 24.8 Å². The Kier molecular flexibility index (Phi) is 3.61. The van der Waals surface area contributed by atoms with Crippen molar-refractivity contribution in [1.29, 1.82) is 0 Å². The van der Waals surface area contributed by atoms with E-state index in [2.05, 4.69) is 14.7 Å². The molecule has 1 heterocycles. The molecular weight excluding hydrogens is 233 g/mol. The smallest absolute Gasteiger partial charge is 0.366 e. The lowest BCUT2D eigenvalue weighted by Crippen LogP contribution is -2.17. The van der Waals surface area contributed by atoms with E-state index in [-0.39, 0.29) is 6.61 Å². The Hall–Kier alpha value is -1.17. The van der Waals surface area contributed by atoms with Crippen molar-refractivity contribution in [3.63, 3.8) is 0 Å². The monoisotopic (exact) mass is 246 g/mol. The zero-order chi connectivity index (χ0) is 12.3. The van der Waals surface area contributed by atoms with Crippen LogP contribution < -0.4 is 0 Å². The van der Waals surface area contributed by atoms with E-state index in [1.807, 2.05) is 0 Å². The predicted molar refractivity (Wildman–Crippen MR) is 54.2 cm³/mol. The minimum Gasteiger partial charge on any atom is -0.366 e. The van der Waals surface area contributed by atoms with E-state index in [0.29, 0.717) is 17.4 Å². The number of aromatic nitrogens is 2. The topological polar surface area (TPSA) is 35.0 Å². The third-order valence-electron chi connectivity index (χ3n) is 2.45. The summed E-state index contributed by atoms with van der Waals surface area (Å²) in [5.41, 5.74) is 0.500. The molecule has 1 fully saturated rings. The molecule has 1 aromatic rings. The molecule has 0 spiro atoms. The Labute approximate surface area is 97.0 Å². The van der Waals surface area contributed by atoms with Crippen molar-refractivity contribution in [3.8, 4) is 0 Å². The highest BCUT2D eigenvalue weighted by molar-refractivity contribution is 5.02. The molecule has 1 aromatic heterocycles. The van der Waals surface area contributed by atoms with Crippen LogP contribution in [-0.2, 0) is 17.8 Å². The molecule has 17 heavy (non-hydrogen) atoms. The molecule has 0 amide bonds. The summed E-state index contributed by atoms with van der Waals surface area (Å²) in [4.78, 5) is 8.26. The van der Waals surface area contributed by atoms with Gasteiger partial charge in [0.05, 0.1) is 12.3 Å². The Bertz CT molecular complexity index is 377. The summed E-state index contributed by atoms with van der Waals surface area (Å²) in [6.45, 7) is -1.37. The largest absolute Gasteiger partial charge is 0.411 e. The van der Waals surface area contributed by atoms with Crippen molar-refractivity contribution in [1.82, 2.24) is 9.97 Å². The number of hydrogen-bond acceptors (Lipinski definition) is 3. The molecular formula is C11H13F3N2O. The summed E-state index contributed by atoms with van der Waals surface area (Å²) in [6.07, 6.45) is 0.476. The molecule has 6 heteroatoms. The fourth-order valence-electron chi connectivity index (χ4n) is 1.47. The van der Waals surface area contributed by atoms with E-state index < -0.39 is 12.8 Å². The molecule has 0 atom stereocenters. The van der Waals surface area contributed by atoms with E-state index in [1.54, 1.807) is 12.3 Å². The van der Waals surface area contributed by atoms with Crippen molar-refractivity contribution in [3.05, 3.63) is 23.8 Å². The Morgan fingerprint density at radius 3 is 2.76 bits per heavy atom. The average Bonchev–Trinajstić information content (AvgIpc) is 3.00. The number of nitrogens with zero attached hydrogens (tertiary/aromatic N) is 2. The van der Waals surface area contributed by atoms with Gasteiger partial charge in [-0.2, -0.15) is 13.2 Å². The normalized spacial score (nSPS) is 16.2. The van der Waals surface area contributed by atoms with Crippen LogP contribution in [0.2, 0.25) is 0 Å². The van der Waals surface area contributed by atoms with Gasteiger partial charge in [-0.3, -0.25) is 0 Å². The van der Waals surface area contributed by atoms with Crippen LogP contribution >= 0.6 is 0 Å². The molecule has 2 rings (SSSR count). The minimum absolute atomic E-state index is 0.125. The van der Waals surface area contributed by atoms with Gasteiger partial charge in [-0.15, -0.1) is 0 Å². The van der Waals surface area contributed by atoms with E-state index >= 15 is 0 Å². The van der Waals surface area contributed by atoms with Crippen molar-refractivity contribution in [2.75, 3.05) is 6.61 Å². The standard InChI is InChI=1S/C11H13F3N2O/c12-11(13,14)7-17-6-9-3-4-15-10(16-9)5-8-1-2-8/h3-4,8H,1-2,5-7H2. The first-order valence-electron chi connectivity index (χ1n) is 5.48. The van der Waals surface area contributed by atoms with Crippen LogP contribution in [0, 0.1) is 5.92 Å². The third kappa shape index (κ3) is 4.68. The summed E-state index contributed by atoms with van der Waals surface area (Å²) < 4.78 is 40.1. The third-order valence-corrected chi connectivity index (χ3v) is 2.45. The second-order valence-electron chi connectivity index (χ2n) is 4.22. The lowest BCUT2D eigenvalue weighted by Gasteiger charge is -2.07. The van der Waals surface area contributed by atoms with Gasteiger partial charge in [0.1, 0.15) is 12.4 Å². The van der Waals surface area contributed by atoms with Crippen LogP contribution in [0.15, 0.2) is 12.3 Å². The molecule has 0 N–H and O–H groups in total. The first-order valence-corrected chi connectivity index (χ1v) is 5.48. The Morgan fingerprint density at radius 2 is 2.12 bits per heavy atom. The number of halogens is 3. The molecule has 0 saturated heterocycles. The molecule has 0 aromatic carbocycles. The van der Waals surface area contributed by atoms with E-state index in [9.17, 15) is 13.2 Å². The summed E-state index contributed by atoms with van der Waals surface area (Å²) in [5.74, 6) is 1.35. The first kappa shape index (κ1) is 12.3. The van der Waals surface area contributed by atoms with Gasteiger partial charge in [0, 0.05) is 12.6 Å². The Balaban J connectivity index is 1.83. The van der Waals surface area contributed by atoms with Crippen LogP contribution in [0.25, 0.3) is 0 Å². The zero-order valence-corrected chi connectivity index (χ0v) is 9.20. The van der Waals surface area contributed by atoms with Crippen LogP contribution in [-0.4, -0.2) is 22.8 Å². The van der Waals surface area contributed by atoms with E-state index in [4.69, 9.17) is 0 Å². The van der Waals surface area contributed by atoms with Crippen LogP contribution in [0.4, 0.5) is 13.2 Å². The molecule has 1 aliphatic rings. The maximum Gasteiger partial charge on any atom is 0.411 e. The average molecular weight is 246 g/mol. The van der Waals surface area contributed by atoms with Gasteiger partial charge < -0.3 is 4.74 Å². The molecule has 0 aliphatic heterocycles. The van der Waals surface area contributed by atoms with Crippen LogP contribution in [0.3, 0.4) is 0 Å². The predicted octanol–water partition coefficient (Wildman–Crippen LogP) is 2.51. The number of rotatable bonds is 5. The molecule has 94 valence electrons. The molecule has 1 aliphatic carbocycles. The maximum absolute atomic E-state index is 11.9. The molecule has 0 radical (unpaired) electrons. The highest BCUT2D eigenvalue weighted by Gasteiger charge is 2.27. The van der Waals surface area contributed by atoms with Crippen molar-refractivity contribution < 1.29 is 17.9 Å². The SMILES string of the molecule is FC(F)(F)COCc1ccnc(CC2CC2)n1. The second-order valence-corrected chi connectivity index (χ2v) is 4.22. The van der Waals surface area contributed by atoms with Crippen molar-refractivity contribution in [2.24, 2.45) is 5.92 Å². The molecule has 0 unspecified atom stereocenters. The summed E-state index contributed by atoms with van der Waals surface area (Å²) >= 11 is 0.